The van der Waals surface area contributed by atoms with Crippen LogP contribution in [-0.2, 0) is 100 Å². The van der Waals surface area contributed by atoms with Crippen LogP contribution in [-0.4, -0.2) is 220 Å². The summed E-state index contributed by atoms with van der Waals surface area (Å²) in [6, 6.07) is 15.3. The van der Waals surface area contributed by atoms with E-state index in [0.29, 0.717) is 49.2 Å². The lowest BCUT2D eigenvalue weighted by Crippen LogP contribution is -2.57. The first kappa shape index (κ1) is 115. The number of rotatable bonds is 23. The van der Waals surface area contributed by atoms with E-state index in [0.717, 1.165) is 105 Å². The fourth-order valence-corrected chi connectivity index (χ4v) is 25.4. The van der Waals surface area contributed by atoms with Gasteiger partial charge in [0.15, 0.2) is 0 Å². The molecule has 35 nitrogen and oxygen atoms in total. The Morgan fingerprint density at radius 2 is 0.493 bits per heavy atom. The standard InChI is InChI=1S/3C20H33N3O4S.C19H27N3O4S.C19H31N3O4S/c2*1-12(2)17-8-14(5)9-18(13(3)4)19(17)21-20(24)22-28(25,26)23-15(6)10-27-11-16(23)7;1-12(2)17-8-14(5)9-18(13(3)4)19(17)21-20(24)22-28(25,26)23-10-15(6)27-16(7)11-23;1-12-10-22(11-13(2)26-12)27(24,25)21-19(23)20-18-16-7-3-5-14(16)9-15-6-4-8-17(15)18;1-12(2)16-8-7-9-17(13(3)4)18(16)20-19(23)21-27(24,25)22-10-14(5)26-15(6)11-22/h3*8-9,12-13,15-16H,10-11H2,1-7H3,(H2,21,22,24);9,12-13H,3-8,10-11H2,1-2H3,(H2,20,21,23);7-9,12-15H,10-11H2,1-6H3,(H2,20,21,23). The maximum absolute atomic E-state index is 12.8. The molecule has 5 heterocycles. The third-order valence-electron chi connectivity index (χ3n) is 24.8. The number of para-hydroxylation sites is 1. The molecule has 138 heavy (non-hydrogen) atoms. The summed E-state index contributed by atoms with van der Waals surface area (Å²) in [4.78, 5) is 63.0. The van der Waals surface area contributed by atoms with Gasteiger partial charge in [0.25, 0.3) is 0 Å². The average Bonchev–Trinajstić information content (AvgIpc) is 1.63. The first-order valence-corrected chi connectivity index (χ1v) is 55.7. The van der Waals surface area contributed by atoms with Gasteiger partial charge in [0.2, 0.25) is 0 Å². The Kier molecular flexibility index (Phi) is 41.0. The van der Waals surface area contributed by atoms with E-state index in [9.17, 15) is 66.1 Å². The molecule has 774 valence electrons. The number of anilines is 5. The van der Waals surface area contributed by atoms with Gasteiger partial charge < -0.3 is 50.3 Å². The van der Waals surface area contributed by atoms with E-state index >= 15 is 0 Å². The Hall–Kier alpha value is -8.20. The monoisotopic (exact) mass is 2020 g/mol. The van der Waals surface area contributed by atoms with Crippen molar-refractivity contribution >= 4 is 110 Å². The van der Waals surface area contributed by atoms with E-state index in [4.69, 9.17) is 23.7 Å². The highest BCUT2D eigenvalue weighted by Crippen LogP contribution is 2.42. The topological polar surface area (TPSA) is 439 Å². The molecule has 0 radical (unpaired) electrons. The molecule has 0 spiro atoms. The van der Waals surface area contributed by atoms with E-state index in [1.165, 1.54) is 43.8 Å². The summed E-state index contributed by atoms with van der Waals surface area (Å²) in [5.74, 6) is 1.49. The van der Waals surface area contributed by atoms with Crippen LogP contribution in [0.5, 0.6) is 0 Å². The number of morpholine rings is 5. The fraction of sp³-hybridized carbons (Fsp3) is 0.643. The van der Waals surface area contributed by atoms with Crippen molar-refractivity contribution < 1.29 is 89.7 Å². The minimum atomic E-state index is -3.98. The SMILES string of the molecule is CC1CN(S(=O)(=O)NC(=O)Nc2c(C(C)C)cccc2C(C)C)CC(C)O1.CC1CN(S(=O)(=O)NC(=O)Nc2c3c(cc4c2CCC4)CCC3)CC(C)O1.Cc1cc(C(C)C)c(NC(=O)NS(=O)(=O)N2C(C)COCC2C)c(C(C)C)c1.Cc1cc(C(C)C)c(NC(=O)NS(=O)(=O)N2C(C)COCC2C)c(C(C)C)c1.Cc1cc(C(C)C)c(NC(=O)NS(=O)(=O)N2CC(C)OC(C)C2)c(C(C)C)c1. The Morgan fingerprint density at radius 3 is 0.710 bits per heavy atom. The van der Waals surface area contributed by atoms with E-state index in [2.05, 4.69) is 139 Å². The first-order chi connectivity index (χ1) is 64.1. The predicted octanol–water partition coefficient (Wildman–Crippen LogP) is 16.7. The van der Waals surface area contributed by atoms with Gasteiger partial charge in [-0.3, -0.25) is 0 Å². The van der Waals surface area contributed by atoms with Crippen LogP contribution >= 0.6 is 0 Å². The number of ether oxygens (including phenoxy) is 5. The molecule has 5 aromatic rings. The zero-order valence-electron chi connectivity index (χ0n) is 86.4. The molecule has 10 amide bonds. The number of hydrogen-bond donors (Lipinski definition) is 10. The van der Waals surface area contributed by atoms with Gasteiger partial charge in [0, 0.05) is 91.9 Å². The molecule has 0 bridgehead atoms. The van der Waals surface area contributed by atoms with Crippen LogP contribution in [0.15, 0.2) is 60.7 Å². The van der Waals surface area contributed by atoms with Crippen LogP contribution in [0, 0.1) is 20.8 Å². The van der Waals surface area contributed by atoms with Crippen molar-refractivity contribution in [1.29, 1.82) is 0 Å². The van der Waals surface area contributed by atoms with Crippen LogP contribution in [0.4, 0.5) is 52.4 Å². The minimum absolute atomic E-state index is 0.184. The summed E-state index contributed by atoms with van der Waals surface area (Å²) in [6.45, 7) is 59.4. The molecule has 0 saturated carbocycles. The van der Waals surface area contributed by atoms with Crippen molar-refractivity contribution in [3.63, 3.8) is 0 Å². The second-order valence-electron chi connectivity index (χ2n) is 40.4. The lowest BCUT2D eigenvalue weighted by atomic mass is 9.90. The summed E-state index contributed by atoms with van der Waals surface area (Å²) >= 11 is 0. The fourth-order valence-electron chi connectivity index (χ4n) is 18.8. The summed E-state index contributed by atoms with van der Waals surface area (Å²) in [5, 5.41) is 14.1. The van der Waals surface area contributed by atoms with Crippen LogP contribution < -0.4 is 50.2 Å². The summed E-state index contributed by atoms with van der Waals surface area (Å²) in [7, 11) is -19.8. The molecule has 5 fully saturated rings. The van der Waals surface area contributed by atoms with Crippen molar-refractivity contribution in [3.8, 4) is 0 Å². The number of aryl methyl sites for hydroxylation is 5. The van der Waals surface area contributed by atoms with Gasteiger partial charge >= 0.3 is 81.2 Å². The molecule has 10 unspecified atom stereocenters. The van der Waals surface area contributed by atoms with Crippen LogP contribution in [0.25, 0.3) is 0 Å². The molecule has 2 aliphatic carbocycles. The van der Waals surface area contributed by atoms with Gasteiger partial charge in [-0.05, 0) is 243 Å². The van der Waals surface area contributed by atoms with Crippen LogP contribution in [0.3, 0.4) is 0 Å². The smallest absolute Gasteiger partial charge is 0.333 e. The molecule has 5 aromatic carbocycles. The molecule has 0 aromatic heterocycles. The molecule has 40 heteroatoms. The van der Waals surface area contributed by atoms with Crippen LogP contribution in [0.1, 0.15) is 324 Å². The number of nitrogens with zero attached hydrogens (tertiary/aromatic N) is 5. The van der Waals surface area contributed by atoms with Gasteiger partial charge in [-0.25, -0.2) is 47.6 Å². The number of urea groups is 5. The maximum atomic E-state index is 12.8. The zero-order valence-corrected chi connectivity index (χ0v) is 90.5. The molecule has 5 aliphatic heterocycles. The number of carbonyl (C=O) groups is 5. The van der Waals surface area contributed by atoms with Crippen molar-refractivity contribution in [2.45, 2.75) is 347 Å². The molecule has 10 atom stereocenters. The second kappa shape index (κ2) is 49.2. The number of nitrogens with one attached hydrogen (secondary N) is 10. The van der Waals surface area contributed by atoms with Crippen molar-refractivity contribution in [1.82, 2.24) is 45.1 Å². The number of amides is 10. The molecular weight excluding hydrogens is 1870 g/mol. The average molecular weight is 2030 g/mol. The Bertz CT molecular complexity index is 5370. The van der Waals surface area contributed by atoms with Gasteiger partial charge in [-0.2, -0.15) is 63.6 Å². The Labute approximate surface area is 823 Å². The minimum Gasteiger partial charge on any atom is -0.378 e. The second-order valence-corrected chi connectivity index (χ2v) is 48.6. The third kappa shape index (κ3) is 31.2. The highest BCUT2D eigenvalue weighted by Gasteiger charge is 2.42. The Morgan fingerprint density at radius 1 is 0.290 bits per heavy atom. The van der Waals surface area contributed by atoms with E-state index in [1.54, 1.807) is 27.7 Å². The largest absolute Gasteiger partial charge is 0.378 e. The van der Waals surface area contributed by atoms with E-state index < -0.39 is 81.2 Å². The normalized spacial score (nSPS) is 22.0. The number of carbonyl (C=O) groups excluding carboxylic acids is 5. The van der Waals surface area contributed by atoms with Crippen molar-refractivity contribution in [2.75, 3.05) is 92.3 Å². The van der Waals surface area contributed by atoms with E-state index in [-0.39, 0.29) is 147 Å². The van der Waals surface area contributed by atoms with Crippen molar-refractivity contribution in [2.24, 2.45) is 0 Å². The van der Waals surface area contributed by atoms with Gasteiger partial charge in [0.05, 0.1) is 63.1 Å². The highest BCUT2D eigenvalue weighted by atomic mass is 32.2. The summed E-state index contributed by atoms with van der Waals surface area (Å²) in [6.07, 6.45) is 4.80. The summed E-state index contributed by atoms with van der Waals surface area (Å²) in [5.41, 5.74) is 19.8. The lowest BCUT2D eigenvalue weighted by molar-refractivity contribution is -0.0444. The number of hydrogen-bond acceptors (Lipinski definition) is 20. The predicted molar refractivity (Wildman–Crippen MR) is 546 cm³/mol. The quantitative estimate of drug-likeness (QED) is 0.0290. The van der Waals surface area contributed by atoms with Gasteiger partial charge in [0.1, 0.15) is 0 Å². The number of fused-ring (bicyclic) bond motifs is 2. The molecule has 10 N–H and O–H groups in total. The van der Waals surface area contributed by atoms with Crippen molar-refractivity contribution in [3.05, 3.63) is 144 Å². The van der Waals surface area contributed by atoms with Gasteiger partial charge in [-0.1, -0.05) is 188 Å². The first-order valence-electron chi connectivity index (χ1n) is 48.5. The zero-order chi connectivity index (χ0) is 103. The van der Waals surface area contributed by atoms with Gasteiger partial charge in [-0.15, -0.1) is 0 Å². The molecule has 5 saturated heterocycles. The number of benzene rings is 5. The van der Waals surface area contributed by atoms with E-state index in [1.807, 2.05) is 145 Å². The maximum Gasteiger partial charge on any atom is 0.333 e. The molecule has 12 rings (SSSR count). The molecule has 7 aliphatic rings. The Balaban J connectivity index is 0.000000212. The van der Waals surface area contributed by atoms with Crippen LogP contribution in [0.2, 0.25) is 0 Å². The highest BCUT2D eigenvalue weighted by molar-refractivity contribution is 7.88. The third-order valence-corrected chi connectivity index (χ3v) is 32.5. The molecular formula is C98H157N15O20S5. The summed E-state index contributed by atoms with van der Waals surface area (Å²) < 4.78 is 172. The lowest BCUT2D eigenvalue weighted by Gasteiger charge is -2.37.